The third-order valence-electron chi connectivity index (χ3n) is 5.23. The molecule has 0 saturated carbocycles. The van der Waals surface area contributed by atoms with E-state index in [0.717, 1.165) is 16.8 Å². The van der Waals surface area contributed by atoms with E-state index < -0.39 is 0 Å². The van der Waals surface area contributed by atoms with Crippen molar-refractivity contribution in [2.24, 2.45) is 0 Å². The van der Waals surface area contributed by atoms with Crippen LogP contribution in [0.1, 0.15) is 17.4 Å². The Hall–Kier alpha value is -3.72. The second-order valence-electron chi connectivity index (χ2n) is 7.03. The van der Waals surface area contributed by atoms with Crippen molar-refractivity contribution in [2.75, 3.05) is 6.79 Å². The van der Waals surface area contributed by atoms with E-state index in [-0.39, 0.29) is 18.7 Å². The molecule has 9 heteroatoms. The van der Waals surface area contributed by atoms with E-state index in [0.29, 0.717) is 42.1 Å². The number of fused-ring (bicyclic) bond motifs is 2. The summed E-state index contributed by atoms with van der Waals surface area (Å²) in [4.78, 5) is 8.95. The zero-order valence-electron chi connectivity index (χ0n) is 15.6. The van der Waals surface area contributed by atoms with Crippen molar-refractivity contribution in [1.29, 1.82) is 0 Å². The first-order valence-corrected chi connectivity index (χ1v) is 9.40. The minimum atomic E-state index is -0.269. The van der Waals surface area contributed by atoms with Crippen LogP contribution in [-0.2, 0) is 17.9 Å². The van der Waals surface area contributed by atoms with Crippen molar-refractivity contribution in [3.05, 3.63) is 65.9 Å². The van der Waals surface area contributed by atoms with Crippen molar-refractivity contribution in [3.63, 3.8) is 0 Å². The first-order chi connectivity index (χ1) is 14.7. The molecule has 0 saturated heterocycles. The molecule has 150 valence electrons. The lowest BCUT2D eigenvalue weighted by Crippen LogP contribution is -2.20. The number of benzene rings is 2. The van der Waals surface area contributed by atoms with Crippen LogP contribution < -0.4 is 9.47 Å². The van der Waals surface area contributed by atoms with E-state index in [1.807, 2.05) is 22.8 Å². The van der Waals surface area contributed by atoms with Gasteiger partial charge in [-0.2, -0.15) is 4.98 Å². The Kier molecular flexibility index (Phi) is 3.81. The summed E-state index contributed by atoms with van der Waals surface area (Å²) in [6, 6.07) is 11.8. The summed E-state index contributed by atoms with van der Waals surface area (Å²) in [7, 11) is 0. The van der Waals surface area contributed by atoms with Crippen LogP contribution in [0.15, 0.2) is 53.3 Å². The average molecular weight is 406 g/mol. The van der Waals surface area contributed by atoms with Crippen LogP contribution in [0.25, 0.3) is 23.0 Å². The Morgan fingerprint density at radius 1 is 1.03 bits per heavy atom. The van der Waals surface area contributed by atoms with E-state index in [4.69, 9.17) is 18.7 Å². The quantitative estimate of drug-likeness (QED) is 0.512. The molecule has 2 aliphatic rings. The number of hydrogen-bond donors (Lipinski definition) is 0. The first-order valence-electron chi connectivity index (χ1n) is 9.40. The SMILES string of the molecule is Fc1ccc([C@@H]2Cn3cnc(-c4nc(-c5ccc6c(c5)OCO6)no4)c3CO2)cc1. The zero-order chi connectivity index (χ0) is 20.1. The Morgan fingerprint density at radius 2 is 1.90 bits per heavy atom. The number of hydrogen-bond acceptors (Lipinski definition) is 7. The number of imidazole rings is 1. The molecule has 0 unspecified atom stereocenters. The normalized spacial score (nSPS) is 17.2. The predicted octanol–water partition coefficient (Wildman–Crippen LogP) is 3.74. The van der Waals surface area contributed by atoms with E-state index in [1.54, 1.807) is 18.5 Å². The molecule has 0 N–H and O–H groups in total. The van der Waals surface area contributed by atoms with Crippen LogP contribution >= 0.6 is 0 Å². The van der Waals surface area contributed by atoms with Gasteiger partial charge in [0.1, 0.15) is 11.9 Å². The summed E-state index contributed by atoms with van der Waals surface area (Å²) in [5.74, 6) is 1.83. The second kappa shape index (κ2) is 6.67. The van der Waals surface area contributed by atoms with Crippen LogP contribution in [0.5, 0.6) is 11.5 Å². The lowest BCUT2D eigenvalue weighted by atomic mass is 10.1. The van der Waals surface area contributed by atoms with Gasteiger partial charge in [-0.15, -0.1) is 0 Å². The van der Waals surface area contributed by atoms with Crippen LogP contribution in [0.3, 0.4) is 0 Å². The van der Waals surface area contributed by atoms with Gasteiger partial charge in [0.15, 0.2) is 17.2 Å². The molecule has 4 heterocycles. The first kappa shape index (κ1) is 17.2. The highest BCUT2D eigenvalue weighted by atomic mass is 19.1. The number of rotatable bonds is 3. The molecule has 0 spiro atoms. The van der Waals surface area contributed by atoms with Crippen molar-refractivity contribution >= 4 is 0 Å². The monoisotopic (exact) mass is 406 g/mol. The maximum Gasteiger partial charge on any atom is 0.278 e. The summed E-state index contributed by atoms with van der Waals surface area (Å²) >= 11 is 0. The molecule has 1 atom stereocenters. The summed E-state index contributed by atoms with van der Waals surface area (Å²) < 4.78 is 37.4. The van der Waals surface area contributed by atoms with Gasteiger partial charge in [-0.05, 0) is 35.9 Å². The van der Waals surface area contributed by atoms with E-state index >= 15 is 0 Å². The fraction of sp³-hybridized carbons (Fsp3) is 0.190. The highest BCUT2D eigenvalue weighted by Gasteiger charge is 2.27. The van der Waals surface area contributed by atoms with Gasteiger partial charge in [-0.1, -0.05) is 17.3 Å². The standard InChI is InChI=1S/C21H15FN4O4/c22-14-4-1-12(2-5-14)18-8-26-10-23-19(15(26)9-27-18)21-24-20(25-30-21)13-3-6-16-17(7-13)29-11-28-16/h1-7,10,18H,8-9,11H2/t18-/m0/s1. The molecule has 2 aromatic carbocycles. The molecule has 0 radical (unpaired) electrons. The highest BCUT2D eigenvalue weighted by molar-refractivity contribution is 5.63. The topological polar surface area (TPSA) is 84.4 Å². The molecular formula is C21H15FN4O4. The Morgan fingerprint density at radius 3 is 2.80 bits per heavy atom. The molecule has 0 aliphatic carbocycles. The van der Waals surface area contributed by atoms with Crippen molar-refractivity contribution < 1.29 is 23.1 Å². The second-order valence-corrected chi connectivity index (χ2v) is 7.03. The largest absolute Gasteiger partial charge is 0.454 e. The Labute approximate surface area is 169 Å². The fourth-order valence-corrected chi connectivity index (χ4v) is 3.66. The Bertz CT molecular complexity index is 1230. The molecule has 0 amide bonds. The van der Waals surface area contributed by atoms with Gasteiger partial charge in [0, 0.05) is 5.56 Å². The van der Waals surface area contributed by atoms with Crippen molar-refractivity contribution in [2.45, 2.75) is 19.3 Å². The third-order valence-corrected chi connectivity index (χ3v) is 5.23. The number of aromatic nitrogens is 4. The number of halogens is 1. The van der Waals surface area contributed by atoms with Crippen LogP contribution in [0.2, 0.25) is 0 Å². The minimum Gasteiger partial charge on any atom is -0.454 e. The number of ether oxygens (including phenoxy) is 3. The molecule has 2 aromatic heterocycles. The summed E-state index contributed by atoms with van der Waals surface area (Å²) in [6.07, 6.45) is 1.56. The Balaban J connectivity index is 1.27. The molecule has 8 nitrogen and oxygen atoms in total. The van der Waals surface area contributed by atoms with E-state index in [1.165, 1.54) is 12.1 Å². The molecule has 6 rings (SSSR count). The summed E-state index contributed by atoms with van der Waals surface area (Å²) in [5.41, 5.74) is 3.12. The molecular weight excluding hydrogens is 391 g/mol. The van der Waals surface area contributed by atoms with Gasteiger partial charge in [-0.25, -0.2) is 9.37 Å². The fourth-order valence-electron chi connectivity index (χ4n) is 3.66. The lowest BCUT2D eigenvalue weighted by Gasteiger charge is -2.25. The van der Waals surface area contributed by atoms with Gasteiger partial charge in [-0.3, -0.25) is 0 Å². The molecule has 0 bridgehead atoms. The third kappa shape index (κ3) is 2.82. The van der Waals surface area contributed by atoms with Crippen molar-refractivity contribution in [3.8, 4) is 34.5 Å². The number of nitrogens with zero attached hydrogens (tertiary/aromatic N) is 4. The van der Waals surface area contributed by atoms with Crippen LogP contribution in [0.4, 0.5) is 4.39 Å². The highest BCUT2D eigenvalue weighted by Crippen LogP contribution is 2.36. The molecule has 30 heavy (non-hydrogen) atoms. The van der Waals surface area contributed by atoms with Crippen LogP contribution in [0, 0.1) is 5.82 Å². The molecule has 4 aromatic rings. The smallest absolute Gasteiger partial charge is 0.278 e. The maximum absolute atomic E-state index is 13.2. The summed E-state index contributed by atoms with van der Waals surface area (Å²) in [5, 5.41) is 4.08. The summed E-state index contributed by atoms with van der Waals surface area (Å²) in [6.45, 7) is 1.10. The lowest BCUT2D eigenvalue weighted by molar-refractivity contribution is 0.00326. The van der Waals surface area contributed by atoms with Gasteiger partial charge >= 0.3 is 0 Å². The zero-order valence-corrected chi connectivity index (χ0v) is 15.6. The predicted molar refractivity (Wildman–Crippen MR) is 101 cm³/mol. The van der Waals surface area contributed by atoms with Gasteiger partial charge in [0.05, 0.1) is 25.2 Å². The molecule has 0 fully saturated rings. The minimum absolute atomic E-state index is 0.174. The van der Waals surface area contributed by atoms with Crippen molar-refractivity contribution in [1.82, 2.24) is 19.7 Å². The van der Waals surface area contributed by atoms with E-state index in [9.17, 15) is 4.39 Å². The van der Waals surface area contributed by atoms with Gasteiger partial charge in [0.2, 0.25) is 12.6 Å². The van der Waals surface area contributed by atoms with Gasteiger partial charge < -0.3 is 23.3 Å². The van der Waals surface area contributed by atoms with Gasteiger partial charge in [0.25, 0.3) is 5.89 Å². The van der Waals surface area contributed by atoms with E-state index in [2.05, 4.69) is 15.1 Å². The maximum atomic E-state index is 13.2. The average Bonchev–Trinajstić information content (AvgIpc) is 3.51. The van der Waals surface area contributed by atoms with Crippen LogP contribution in [-0.4, -0.2) is 26.5 Å². The molecule has 2 aliphatic heterocycles.